The maximum atomic E-state index is 12.3. The summed E-state index contributed by atoms with van der Waals surface area (Å²) in [5, 5.41) is 2.75. The van der Waals surface area contributed by atoms with Crippen molar-refractivity contribution >= 4 is 17.6 Å². The van der Waals surface area contributed by atoms with Crippen molar-refractivity contribution in [2.75, 3.05) is 18.5 Å². The fourth-order valence-corrected chi connectivity index (χ4v) is 3.47. The first kappa shape index (κ1) is 18.5. The molecule has 1 atom stereocenters. The summed E-state index contributed by atoms with van der Waals surface area (Å²) in [5.41, 5.74) is 0.587. The Hall–Kier alpha value is -2.24. The minimum atomic E-state index is -0.831. The van der Waals surface area contributed by atoms with Crippen molar-refractivity contribution in [1.29, 1.82) is 0 Å². The van der Waals surface area contributed by atoms with Gasteiger partial charge in [0.25, 0.3) is 5.91 Å². The molecule has 1 aromatic carbocycles. The summed E-state index contributed by atoms with van der Waals surface area (Å²) < 4.78 is 16.2. The first-order chi connectivity index (χ1) is 12.6. The van der Waals surface area contributed by atoms with Crippen LogP contribution in [-0.2, 0) is 14.3 Å². The van der Waals surface area contributed by atoms with Gasteiger partial charge >= 0.3 is 5.97 Å². The first-order valence-electron chi connectivity index (χ1n) is 9.52. The van der Waals surface area contributed by atoms with Gasteiger partial charge in [0, 0.05) is 18.2 Å². The van der Waals surface area contributed by atoms with Gasteiger partial charge in [-0.05, 0) is 31.4 Å². The lowest BCUT2D eigenvalue weighted by molar-refractivity contribution is -0.153. The highest BCUT2D eigenvalue weighted by molar-refractivity contribution is 5.95. The first-order valence-corrected chi connectivity index (χ1v) is 9.52. The molecule has 1 N–H and O–H groups in total. The predicted octanol–water partition coefficient (Wildman–Crippen LogP) is 3.69. The second-order valence-electron chi connectivity index (χ2n) is 7.02. The van der Waals surface area contributed by atoms with Crippen LogP contribution >= 0.6 is 0 Å². The van der Waals surface area contributed by atoms with Crippen LogP contribution in [0.1, 0.15) is 51.9 Å². The van der Waals surface area contributed by atoms with Gasteiger partial charge in [0.05, 0.1) is 0 Å². The second-order valence-corrected chi connectivity index (χ2v) is 7.02. The Balaban J connectivity index is 1.44. The van der Waals surface area contributed by atoms with E-state index in [9.17, 15) is 9.59 Å². The van der Waals surface area contributed by atoms with Crippen LogP contribution in [0.15, 0.2) is 18.2 Å². The molecule has 1 heterocycles. The van der Waals surface area contributed by atoms with E-state index in [1.807, 2.05) is 0 Å². The van der Waals surface area contributed by atoms with E-state index >= 15 is 0 Å². The van der Waals surface area contributed by atoms with Crippen molar-refractivity contribution in [1.82, 2.24) is 0 Å². The molecule has 2 aliphatic rings. The monoisotopic (exact) mass is 361 g/mol. The van der Waals surface area contributed by atoms with Crippen LogP contribution in [0.25, 0.3) is 0 Å². The second kappa shape index (κ2) is 8.92. The average Bonchev–Trinajstić information content (AvgIpc) is 2.67. The zero-order valence-electron chi connectivity index (χ0n) is 15.3. The number of fused-ring (bicyclic) bond motifs is 1. The number of benzene rings is 1. The molecule has 142 valence electrons. The number of carbonyl (C=O) groups excluding carboxylic acids is 2. The van der Waals surface area contributed by atoms with Crippen molar-refractivity contribution in [3.63, 3.8) is 0 Å². The normalized spacial score (nSPS) is 18.0. The zero-order valence-corrected chi connectivity index (χ0v) is 15.3. The van der Waals surface area contributed by atoms with Crippen molar-refractivity contribution in [3.8, 4) is 11.5 Å². The molecule has 1 aliphatic carbocycles. The van der Waals surface area contributed by atoms with Crippen molar-refractivity contribution in [2.24, 2.45) is 5.92 Å². The molecular weight excluding hydrogens is 334 g/mol. The molecule has 3 rings (SSSR count). The Morgan fingerprint density at radius 2 is 1.88 bits per heavy atom. The lowest BCUT2D eigenvalue weighted by atomic mass is 9.86. The van der Waals surface area contributed by atoms with Crippen LogP contribution in [0.5, 0.6) is 11.5 Å². The molecule has 26 heavy (non-hydrogen) atoms. The van der Waals surface area contributed by atoms with Crippen LogP contribution in [0, 0.1) is 5.92 Å². The maximum absolute atomic E-state index is 12.3. The summed E-state index contributed by atoms with van der Waals surface area (Å²) in [6, 6.07) is 5.21. The van der Waals surface area contributed by atoms with E-state index in [1.54, 1.807) is 25.1 Å². The van der Waals surface area contributed by atoms with Crippen molar-refractivity contribution in [2.45, 2.75) is 58.0 Å². The van der Waals surface area contributed by atoms with E-state index in [4.69, 9.17) is 14.2 Å². The molecule has 6 heteroatoms. The van der Waals surface area contributed by atoms with E-state index in [-0.39, 0.29) is 11.9 Å². The molecule has 0 bridgehead atoms. The predicted molar refractivity (Wildman–Crippen MR) is 97.4 cm³/mol. The van der Waals surface area contributed by atoms with Gasteiger partial charge in [-0.3, -0.25) is 9.59 Å². The molecule has 1 aliphatic heterocycles. The van der Waals surface area contributed by atoms with E-state index in [0.29, 0.717) is 42.7 Å². The molecular formula is C20H27NO5. The van der Waals surface area contributed by atoms with Gasteiger partial charge in [0.2, 0.25) is 0 Å². The van der Waals surface area contributed by atoms with E-state index in [0.717, 1.165) is 6.42 Å². The van der Waals surface area contributed by atoms with Crippen LogP contribution in [0.3, 0.4) is 0 Å². The summed E-state index contributed by atoms with van der Waals surface area (Å²) in [5.74, 6) is 1.23. The van der Waals surface area contributed by atoms with Gasteiger partial charge in [0.15, 0.2) is 17.6 Å². The smallest absolute Gasteiger partial charge is 0.306 e. The summed E-state index contributed by atoms with van der Waals surface area (Å²) in [4.78, 5) is 24.3. The molecule has 0 unspecified atom stereocenters. The van der Waals surface area contributed by atoms with Crippen LogP contribution in [0.2, 0.25) is 0 Å². The number of hydrogen-bond donors (Lipinski definition) is 1. The number of nitrogens with one attached hydrogen (secondary N) is 1. The summed E-state index contributed by atoms with van der Waals surface area (Å²) >= 11 is 0. The third-order valence-corrected chi connectivity index (χ3v) is 4.97. The molecule has 1 saturated carbocycles. The molecule has 0 spiro atoms. The number of esters is 1. The van der Waals surface area contributed by atoms with Gasteiger partial charge in [-0.2, -0.15) is 0 Å². The van der Waals surface area contributed by atoms with E-state index in [2.05, 4.69) is 5.32 Å². The van der Waals surface area contributed by atoms with Crippen molar-refractivity contribution < 1.29 is 23.8 Å². The summed E-state index contributed by atoms with van der Waals surface area (Å²) in [6.07, 6.45) is 6.63. The Bertz CT molecular complexity index is 639. The Morgan fingerprint density at radius 1 is 1.15 bits per heavy atom. The molecule has 0 radical (unpaired) electrons. The number of anilines is 1. The fourth-order valence-electron chi connectivity index (χ4n) is 3.47. The van der Waals surface area contributed by atoms with Crippen molar-refractivity contribution in [3.05, 3.63) is 18.2 Å². The van der Waals surface area contributed by atoms with Gasteiger partial charge in [-0.25, -0.2) is 0 Å². The minimum Gasteiger partial charge on any atom is -0.486 e. The van der Waals surface area contributed by atoms with Gasteiger partial charge in [-0.15, -0.1) is 0 Å². The highest BCUT2D eigenvalue weighted by Crippen LogP contribution is 2.32. The van der Waals surface area contributed by atoms with Gasteiger partial charge in [0.1, 0.15) is 13.2 Å². The number of amides is 1. The fraction of sp³-hybridized carbons (Fsp3) is 0.600. The average molecular weight is 361 g/mol. The molecule has 1 aromatic rings. The number of hydrogen-bond acceptors (Lipinski definition) is 5. The van der Waals surface area contributed by atoms with Gasteiger partial charge < -0.3 is 19.5 Å². The highest BCUT2D eigenvalue weighted by atomic mass is 16.6. The standard InChI is InChI=1S/C20H27NO5/c1-14(26-19(22)10-7-15-5-3-2-4-6-15)20(23)21-16-8-9-17-18(13-16)25-12-11-24-17/h8-9,13-15H,2-7,10-12H2,1H3,(H,21,23)/t14-/m0/s1. The molecule has 1 amide bonds. The third kappa shape index (κ3) is 5.13. The highest BCUT2D eigenvalue weighted by Gasteiger charge is 2.21. The maximum Gasteiger partial charge on any atom is 0.306 e. The number of rotatable bonds is 6. The number of ether oxygens (including phenoxy) is 3. The van der Waals surface area contributed by atoms with Gasteiger partial charge in [-0.1, -0.05) is 32.1 Å². The quantitative estimate of drug-likeness (QED) is 0.782. The SMILES string of the molecule is C[C@H](OC(=O)CCC1CCCCC1)C(=O)Nc1ccc2c(c1)OCCO2. The van der Waals surface area contributed by atoms with Crippen LogP contribution in [0.4, 0.5) is 5.69 Å². The molecule has 6 nitrogen and oxygen atoms in total. The summed E-state index contributed by atoms with van der Waals surface area (Å²) in [7, 11) is 0. The topological polar surface area (TPSA) is 73.9 Å². The largest absolute Gasteiger partial charge is 0.486 e. The molecule has 0 aromatic heterocycles. The lowest BCUT2D eigenvalue weighted by Crippen LogP contribution is -2.30. The van der Waals surface area contributed by atoms with E-state index < -0.39 is 6.10 Å². The number of carbonyl (C=O) groups is 2. The Labute approximate surface area is 154 Å². The van der Waals surface area contributed by atoms with E-state index in [1.165, 1.54) is 32.1 Å². The third-order valence-electron chi connectivity index (χ3n) is 4.97. The lowest BCUT2D eigenvalue weighted by Gasteiger charge is -2.21. The Morgan fingerprint density at radius 3 is 2.65 bits per heavy atom. The molecule has 1 fully saturated rings. The van der Waals surface area contributed by atoms with Crippen LogP contribution < -0.4 is 14.8 Å². The van der Waals surface area contributed by atoms with Crippen LogP contribution in [-0.4, -0.2) is 31.2 Å². The minimum absolute atomic E-state index is 0.305. The zero-order chi connectivity index (χ0) is 18.4. The summed E-state index contributed by atoms with van der Waals surface area (Å²) in [6.45, 7) is 2.60. The molecule has 0 saturated heterocycles. The Kier molecular flexibility index (Phi) is 6.36.